The van der Waals surface area contributed by atoms with E-state index in [9.17, 15) is 13.2 Å². The summed E-state index contributed by atoms with van der Waals surface area (Å²) in [6.07, 6.45) is 1.55. The highest BCUT2D eigenvalue weighted by Crippen LogP contribution is 2.31. The molecule has 1 aromatic rings. The summed E-state index contributed by atoms with van der Waals surface area (Å²) >= 11 is 0. The number of rotatable bonds is 6. The highest BCUT2D eigenvalue weighted by molar-refractivity contribution is 7.93. The lowest BCUT2D eigenvalue weighted by Crippen LogP contribution is -2.34. The van der Waals surface area contributed by atoms with E-state index in [-0.39, 0.29) is 17.7 Å². The molecule has 0 heterocycles. The van der Waals surface area contributed by atoms with Crippen molar-refractivity contribution in [1.29, 1.82) is 0 Å². The molecule has 0 spiro atoms. The Morgan fingerprint density at radius 2 is 1.95 bits per heavy atom. The van der Waals surface area contributed by atoms with Gasteiger partial charge in [-0.3, -0.25) is 4.79 Å². The van der Waals surface area contributed by atoms with Crippen molar-refractivity contribution >= 4 is 15.8 Å². The van der Waals surface area contributed by atoms with Crippen LogP contribution in [0, 0.1) is 0 Å². The Bertz CT molecular complexity index is 548. The van der Waals surface area contributed by atoms with Crippen LogP contribution in [0.5, 0.6) is 0 Å². The fourth-order valence-corrected chi connectivity index (χ4v) is 3.31. The number of hydrogen-bond acceptors (Lipinski definition) is 4. The molecule has 0 N–H and O–H groups in total. The third-order valence-electron chi connectivity index (χ3n) is 3.15. The second kappa shape index (κ2) is 6.02. The molecule has 4 nitrogen and oxygen atoms in total. The minimum absolute atomic E-state index is 0.0328. The van der Waals surface area contributed by atoms with E-state index in [2.05, 4.69) is 11.3 Å². The molecular weight excluding hydrogens is 264 g/mol. The molecule has 1 aromatic carbocycles. The lowest BCUT2D eigenvalue weighted by atomic mass is 10.1. The van der Waals surface area contributed by atoms with Crippen molar-refractivity contribution in [2.45, 2.75) is 29.4 Å². The predicted octanol–water partition coefficient (Wildman–Crippen LogP) is 2.36. The van der Waals surface area contributed by atoms with Crippen LogP contribution in [0.3, 0.4) is 0 Å². The molecule has 104 valence electrons. The van der Waals surface area contributed by atoms with Crippen LogP contribution in [-0.2, 0) is 19.4 Å². The van der Waals surface area contributed by atoms with Gasteiger partial charge in [-0.1, -0.05) is 24.3 Å². The van der Waals surface area contributed by atoms with Crippen molar-refractivity contribution in [3.05, 3.63) is 43.0 Å². The first-order valence-electron chi connectivity index (χ1n) is 5.87. The summed E-state index contributed by atoms with van der Waals surface area (Å²) in [7, 11) is -2.30. The van der Waals surface area contributed by atoms with Gasteiger partial charge in [0.2, 0.25) is 0 Å². The zero-order valence-corrected chi connectivity index (χ0v) is 11.9. The van der Waals surface area contributed by atoms with Gasteiger partial charge in [-0.05, 0) is 25.5 Å². The molecule has 5 heteroatoms. The molecular formula is C14H18O4S. The SMILES string of the molecule is C=CC(C)(CCC(=O)OC)S(=O)(=O)c1ccccc1. The molecule has 1 atom stereocenters. The highest BCUT2D eigenvalue weighted by atomic mass is 32.2. The van der Waals surface area contributed by atoms with Gasteiger partial charge in [0.05, 0.1) is 16.8 Å². The smallest absolute Gasteiger partial charge is 0.305 e. The minimum atomic E-state index is -3.58. The Morgan fingerprint density at radius 1 is 1.37 bits per heavy atom. The van der Waals surface area contributed by atoms with E-state index in [4.69, 9.17) is 0 Å². The van der Waals surface area contributed by atoms with Gasteiger partial charge in [-0.25, -0.2) is 8.42 Å². The first-order valence-corrected chi connectivity index (χ1v) is 7.36. The van der Waals surface area contributed by atoms with Crippen LogP contribution in [0.1, 0.15) is 19.8 Å². The van der Waals surface area contributed by atoms with Gasteiger partial charge in [0.15, 0.2) is 9.84 Å². The number of carbonyl (C=O) groups excluding carboxylic acids is 1. The lowest BCUT2D eigenvalue weighted by molar-refractivity contribution is -0.140. The van der Waals surface area contributed by atoms with Crippen LogP contribution < -0.4 is 0 Å². The van der Waals surface area contributed by atoms with Crippen LogP contribution in [0.4, 0.5) is 0 Å². The number of benzene rings is 1. The molecule has 1 unspecified atom stereocenters. The van der Waals surface area contributed by atoms with Gasteiger partial charge in [-0.15, -0.1) is 6.58 Å². The topological polar surface area (TPSA) is 60.4 Å². The Hall–Kier alpha value is -1.62. The van der Waals surface area contributed by atoms with Crippen molar-refractivity contribution in [3.63, 3.8) is 0 Å². The third kappa shape index (κ3) is 3.23. The summed E-state index contributed by atoms with van der Waals surface area (Å²) < 4.78 is 28.5. The summed E-state index contributed by atoms with van der Waals surface area (Å²) in [4.78, 5) is 11.4. The monoisotopic (exact) mass is 282 g/mol. The molecule has 0 aliphatic rings. The standard InChI is InChI=1S/C14H18O4S/c1-4-14(2,11-10-13(15)18-3)19(16,17)12-8-6-5-7-9-12/h4-9H,1,10-11H2,2-3H3. The van der Waals surface area contributed by atoms with Crippen LogP contribution in [0.2, 0.25) is 0 Å². The van der Waals surface area contributed by atoms with Gasteiger partial charge in [0.25, 0.3) is 0 Å². The molecule has 0 fully saturated rings. The number of ether oxygens (including phenoxy) is 1. The molecule has 0 amide bonds. The van der Waals surface area contributed by atoms with E-state index in [0.717, 1.165) is 0 Å². The molecule has 0 aliphatic carbocycles. The average Bonchev–Trinajstić information content (AvgIpc) is 2.44. The second-order valence-electron chi connectivity index (χ2n) is 4.41. The van der Waals surface area contributed by atoms with E-state index in [1.807, 2.05) is 0 Å². The van der Waals surface area contributed by atoms with E-state index in [1.54, 1.807) is 25.1 Å². The van der Waals surface area contributed by atoms with E-state index in [0.29, 0.717) is 0 Å². The van der Waals surface area contributed by atoms with E-state index >= 15 is 0 Å². The molecule has 0 radical (unpaired) electrons. The van der Waals surface area contributed by atoms with Gasteiger partial charge in [0, 0.05) is 6.42 Å². The normalized spacial score (nSPS) is 14.4. The first-order chi connectivity index (χ1) is 8.87. The van der Waals surface area contributed by atoms with E-state index < -0.39 is 20.6 Å². The molecule has 0 bridgehead atoms. The maximum absolute atomic E-state index is 12.6. The van der Waals surface area contributed by atoms with Crippen molar-refractivity contribution in [3.8, 4) is 0 Å². The predicted molar refractivity (Wildman–Crippen MR) is 73.5 cm³/mol. The number of hydrogen-bond donors (Lipinski definition) is 0. The lowest BCUT2D eigenvalue weighted by Gasteiger charge is -2.25. The summed E-state index contributed by atoms with van der Waals surface area (Å²) in [5.74, 6) is -0.434. The highest BCUT2D eigenvalue weighted by Gasteiger charge is 2.37. The third-order valence-corrected chi connectivity index (χ3v) is 5.64. The summed E-state index contributed by atoms with van der Waals surface area (Å²) in [5, 5.41) is 0. The molecule has 0 saturated carbocycles. The summed E-state index contributed by atoms with van der Waals surface area (Å²) in [5.41, 5.74) is 0. The largest absolute Gasteiger partial charge is 0.469 e. The van der Waals surface area contributed by atoms with Crippen LogP contribution >= 0.6 is 0 Å². The second-order valence-corrected chi connectivity index (χ2v) is 6.82. The maximum Gasteiger partial charge on any atom is 0.305 e. The van der Waals surface area contributed by atoms with Crippen molar-refractivity contribution in [2.24, 2.45) is 0 Å². The number of methoxy groups -OCH3 is 1. The van der Waals surface area contributed by atoms with Gasteiger partial charge in [0.1, 0.15) is 0 Å². The molecule has 19 heavy (non-hydrogen) atoms. The molecule has 0 aromatic heterocycles. The Labute approximate surface area is 114 Å². The van der Waals surface area contributed by atoms with E-state index in [1.165, 1.54) is 25.3 Å². The fraction of sp³-hybridized carbons (Fsp3) is 0.357. The van der Waals surface area contributed by atoms with Crippen LogP contribution in [0.15, 0.2) is 47.9 Å². The average molecular weight is 282 g/mol. The quantitative estimate of drug-likeness (QED) is 0.593. The Balaban J connectivity index is 3.07. The Kier molecular flexibility index (Phi) is 4.89. The van der Waals surface area contributed by atoms with Crippen molar-refractivity contribution in [2.75, 3.05) is 7.11 Å². The Morgan fingerprint density at radius 3 is 2.42 bits per heavy atom. The maximum atomic E-state index is 12.6. The number of carbonyl (C=O) groups is 1. The summed E-state index contributed by atoms with van der Waals surface area (Å²) in [6.45, 7) is 5.16. The zero-order chi connectivity index (χ0) is 14.5. The zero-order valence-electron chi connectivity index (χ0n) is 11.1. The summed E-state index contributed by atoms with van der Waals surface area (Å²) in [6, 6.07) is 8.15. The fourth-order valence-electron chi connectivity index (χ4n) is 1.67. The minimum Gasteiger partial charge on any atom is -0.469 e. The molecule has 0 saturated heterocycles. The van der Waals surface area contributed by atoms with Gasteiger partial charge >= 0.3 is 5.97 Å². The molecule has 0 aliphatic heterocycles. The molecule has 1 rings (SSSR count). The number of esters is 1. The first kappa shape index (κ1) is 15.4. The van der Waals surface area contributed by atoms with Crippen molar-refractivity contribution < 1.29 is 17.9 Å². The van der Waals surface area contributed by atoms with Gasteiger partial charge < -0.3 is 4.74 Å². The van der Waals surface area contributed by atoms with Crippen molar-refractivity contribution in [1.82, 2.24) is 0 Å². The van der Waals surface area contributed by atoms with Crippen LogP contribution in [0.25, 0.3) is 0 Å². The van der Waals surface area contributed by atoms with Crippen LogP contribution in [-0.4, -0.2) is 26.2 Å². The number of sulfone groups is 1. The van der Waals surface area contributed by atoms with Gasteiger partial charge in [-0.2, -0.15) is 0 Å².